The minimum Gasteiger partial charge on any atom is -0.349 e. The highest BCUT2D eigenvalue weighted by molar-refractivity contribution is 5.94. The second-order valence-corrected chi connectivity index (χ2v) is 8.69. The molecule has 0 atom stereocenters. The Labute approximate surface area is 193 Å². The number of imidazole rings is 1. The Bertz CT molecular complexity index is 1260. The second kappa shape index (κ2) is 9.57. The van der Waals surface area contributed by atoms with E-state index in [4.69, 9.17) is 5.73 Å². The molecular formula is C27H29N5O. The maximum atomic E-state index is 12.4. The molecule has 1 fully saturated rings. The van der Waals surface area contributed by atoms with Gasteiger partial charge in [0, 0.05) is 37.8 Å². The van der Waals surface area contributed by atoms with E-state index in [2.05, 4.69) is 68.7 Å². The van der Waals surface area contributed by atoms with Gasteiger partial charge >= 0.3 is 0 Å². The molecule has 0 radical (unpaired) electrons. The van der Waals surface area contributed by atoms with Crippen molar-refractivity contribution >= 4 is 16.9 Å². The summed E-state index contributed by atoms with van der Waals surface area (Å²) in [7, 11) is 0. The molecule has 6 heteroatoms. The van der Waals surface area contributed by atoms with Crippen LogP contribution in [0.4, 0.5) is 0 Å². The molecule has 1 heterocycles. The molecule has 1 aliphatic rings. The summed E-state index contributed by atoms with van der Waals surface area (Å²) in [4.78, 5) is 17.0. The lowest BCUT2D eigenvalue weighted by Crippen LogP contribution is -2.25. The summed E-state index contributed by atoms with van der Waals surface area (Å²) in [5, 5.41) is 6.39. The summed E-state index contributed by atoms with van der Waals surface area (Å²) in [6, 6.07) is 23.2. The van der Waals surface area contributed by atoms with Crippen LogP contribution in [0.25, 0.3) is 22.2 Å². The van der Waals surface area contributed by atoms with Gasteiger partial charge in [-0.15, -0.1) is 0 Å². The predicted molar refractivity (Wildman–Crippen MR) is 132 cm³/mol. The topological polar surface area (TPSA) is 85.0 Å². The first-order valence-electron chi connectivity index (χ1n) is 11.5. The van der Waals surface area contributed by atoms with Crippen molar-refractivity contribution in [2.75, 3.05) is 13.1 Å². The minimum atomic E-state index is 0.0128. The highest BCUT2D eigenvalue weighted by Gasteiger charge is 2.23. The molecule has 0 aliphatic heterocycles. The zero-order chi connectivity index (χ0) is 22.6. The highest BCUT2D eigenvalue weighted by atomic mass is 16.1. The van der Waals surface area contributed by atoms with Crippen molar-refractivity contribution in [2.24, 2.45) is 5.73 Å². The molecule has 0 saturated heterocycles. The van der Waals surface area contributed by atoms with Gasteiger partial charge in [-0.2, -0.15) is 0 Å². The van der Waals surface area contributed by atoms with Crippen LogP contribution >= 0.6 is 0 Å². The molecule has 33 heavy (non-hydrogen) atoms. The number of nitrogens with zero attached hydrogens (tertiary/aromatic N) is 2. The number of carbonyl (C=O) groups excluding carboxylic acids is 1. The van der Waals surface area contributed by atoms with Crippen LogP contribution in [-0.2, 0) is 13.1 Å². The summed E-state index contributed by atoms with van der Waals surface area (Å²) >= 11 is 0. The average Bonchev–Trinajstić information content (AvgIpc) is 3.58. The maximum absolute atomic E-state index is 12.4. The van der Waals surface area contributed by atoms with E-state index in [1.54, 1.807) is 0 Å². The molecule has 168 valence electrons. The number of hydrogen-bond acceptors (Lipinski definition) is 4. The molecule has 0 unspecified atom stereocenters. The number of aromatic nitrogens is 2. The molecule has 4 N–H and O–H groups in total. The summed E-state index contributed by atoms with van der Waals surface area (Å²) in [6.45, 7) is 2.94. The molecule has 5 rings (SSSR count). The van der Waals surface area contributed by atoms with Gasteiger partial charge in [0.1, 0.15) is 0 Å². The number of rotatable bonds is 9. The normalized spacial score (nSPS) is 13.4. The lowest BCUT2D eigenvalue weighted by Gasteiger charge is -2.09. The Kier molecular flexibility index (Phi) is 6.19. The molecule has 1 aromatic heterocycles. The predicted octanol–water partition coefficient (Wildman–Crippen LogP) is 3.69. The summed E-state index contributed by atoms with van der Waals surface area (Å²) < 4.78 is 2.14. The van der Waals surface area contributed by atoms with Crippen molar-refractivity contribution < 1.29 is 4.79 Å². The number of nitrogens with two attached hydrogens (primary N) is 1. The number of carbonyl (C=O) groups is 1. The Morgan fingerprint density at radius 3 is 2.61 bits per heavy atom. The van der Waals surface area contributed by atoms with Gasteiger partial charge in [-0.3, -0.25) is 4.79 Å². The number of nitrogens with one attached hydrogen (secondary N) is 2. The molecule has 4 aromatic rings. The van der Waals surface area contributed by atoms with Crippen LogP contribution in [0.5, 0.6) is 0 Å². The minimum absolute atomic E-state index is 0.0128. The first kappa shape index (κ1) is 21.4. The van der Waals surface area contributed by atoms with Crippen LogP contribution in [-0.4, -0.2) is 34.6 Å². The Hall–Kier alpha value is -3.48. The number of benzene rings is 3. The Morgan fingerprint density at radius 2 is 1.82 bits per heavy atom. The van der Waals surface area contributed by atoms with Gasteiger partial charge in [0.05, 0.1) is 17.4 Å². The van der Waals surface area contributed by atoms with Crippen LogP contribution in [0.1, 0.15) is 34.3 Å². The fraction of sp³-hybridized carbons (Fsp3) is 0.259. The zero-order valence-corrected chi connectivity index (χ0v) is 18.6. The maximum Gasteiger partial charge on any atom is 0.251 e. The highest BCUT2D eigenvalue weighted by Crippen LogP contribution is 2.25. The average molecular weight is 440 g/mol. The van der Waals surface area contributed by atoms with Crippen molar-refractivity contribution in [3.8, 4) is 11.1 Å². The Morgan fingerprint density at radius 1 is 1.00 bits per heavy atom. The van der Waals surface area contributed by atoms with E-state index in [1.165, 1.54) is 11.1 Å². The van der Waals surface area contributed by atoms with E-state index in [1.807, 2.05) is 24.5 Å². The van der Waals surface area contributed by atoms with E-state index in [-0.39, 0.29) is 5.91 Å². The molecular weight excluding hydrogens is 410 g/mol. The van der Waals surface area contributed by atoms with Crippen LogP contribution < -0.4 is 16.4 Å². The number of hydrogen-bond donors (Lipinski definition) is 3. The van der Waals surface area contributed by atoms with Crippen molar-refractivity contribution in [3.63, 3.8) is 0 Å². The Balaban J connectivity index is 1.35. The molecule has 6 nitrogen and oxygen atoms in total. The van der Waals surface area contributed by atoms with E-state index < -0.39 is 0 Å². The molecule has 1 amide bonds. The van der Waals surface area contributed by atoms with Crippen LogP contribution in [0.3, 0.4) is 0 Å². The molecule has 0 bridgehead atoms. The van der Waals surface area contributed by atoms with E-state index in [0.717, 1.165) is 48.1 Å². The van der Waals surface area contributed by atoms with Gasteiger partial charge in [-0.25, -0.2) is 4.98 Å². The lowest BCUT2D eigenvalue weighted by molar-refractivity contribution is 0.0951. The van der Waals surface area contributed by atoms with Crippen molar-refractivity contribution in [1.82, 2.24) is 20.2 Å². The number of amides is 1. The van der Waals surface area contributed by atoms with E-state index in [9.17, 15) is 4.79 Å². The van der Waals surface area contributed by atoms with Crippen molar-refractivity contribution in [3.05, 3.63) is 89.7 Å². The van der Waals surface area contributed by atoms with Crippen LogP contribution in [0.2, 0.25) is 0 Å². The smallest absolute Gasteiger partial charge is 0.251 e. The monoisotopic (exact) mass is 439 g/mol. The van der Waals surface area contributed by atoms with E-state index in [0.29, 0.717) is 24.7 Å². The third kappa shape index (κ3) is 5.13. The van der Waals surface area contributed by atoms with Gasteiger partial charge < -0.3 is 20.9 Å². The lowest BCUT2D eigenvalue weighted by atomic mass is 10.0. The van der Waals surface area contributed by atoms with E-state index >= 15 is 0 Å². The number of fused-ring (bicyclic) bond motifs is 1. The van der Waals surface area contributed by atoms with Gasteiger partial charge in [0.15, 0.2) is 0 Å². The first-order valence-corrected chi connectivity index (χ1v) is 11.5. The van der Waals surface area contributed by atoms with Gasteiger partial charge in [0.2, 0.25) is 0 Å². The zero-order valence-electron chi connectivity index (χ0n) is 18.6. The summed E-state index contributed by atoms with van der Waals surface area (Å²) in [5.41, 5.74) is 12.9. The largest absolute Gasteiger partial charge is 0.349 e. The van der Waals surface area contributed by atoms with Gasteiger partial charge in [-0.05, 0) is 59.4 Å². The fourth-order valence-corrected chi connectivity index (χ4v) is 4.02. The summed E-state index contributed by atoms with van der Waals surface area (Å²) in [5.74, 6) is 0.0128. The fourth-order valence-electron chi connectivity index (χ4n) is 4.02. The van der Waals surface area contributed by atoms with Crippen LogP contribution in [0.15, 0.2) is 73.1 Å². The third-order valence-corrected chi connectivity index (χ3v) is 6.01. The summed E-state index contributed by atoms with van der Waals surface area (Å²) in [6.07, 6.45) is 4.04. The van der Waals surface area contributed by atoms with Gasteiger partial charge in [-0.1, -0.05) is 42.5 Å². The standard InChI is InChI=1S/C27H29N5O/c28-12-13-29-16-19-4-6-21(7-5-19)22-8-11-25-26(15-22)32(18-30-25)17-20-2-1-3-23(14-20)27(33)31-24-9-10-24/h1-8,11,14-15,18,24,29H,9-10,12-13,16-17,28H2,(H,31,33). The van der Waals surface area contributed by atoms with Crippen molar-refractivity contribution in [2.45, 2.75) is 32.0 Å². The molecule has 1 saturated carbocycles. The van der Waals surface area contributed by atoms with Crippen LogP contribution in [0, 0.1) is 0 Å². The quantitative estimate of drug-likeness (QED) is 0.347. The van der Waals surface area contributed by atoms with Crippen molar-refractivity contribution in [1.29, 1.82) is 0 Å². The molecule has 3 aromatic carbocycles. The van der Waals surface area contributed by atoms with Gasteiger partial charge in [0.25, 0.3) is 5.91 Å². The molecule has 0 spiro atoms. The molecule has 1 aliphatic carbocycles. The second-order valence-electron chi connectivity index (χ2n) is 8.69. The SMILES string of the molecule is NCCNCc1ccc(-c2ccc3ncn(Cc4cccc(C(=O)NC5CC5)c4)c3c2)cc1. The first-order chi connectivity index (χ1) is 16.2. The third-order valence-electron chi connectivity index (χ3n) is 6.01.